The molecule has 2 heterocycles. The fourth-order valence-electron chi connectivity index (χ4n) is 2.58. The van der Waals surface area contributed by atoms with E-state index in [9.17, 15) is 10.1 Å². The van der Waals surface area contributed by atoms with Crippen molar-refractivity contribution in [2.75, 3.05) is 0 Å². The maximum atomic E-state index is 10.7. The molecule has 2 aromatic carbocycles. The first-order valence-corrected chi connectivity index (χ1v) is 7.98. The van der Waals surface area contributed by atoms with E-state index in [4.69, 9.17) is 5.41 Å². The molecule has 0 fully saturated rings. The first-order valence-electron chi connectivity index (χ1n) is 7.98. The average Bonchev–Trinajstić information content (AvgIpc) is 3.13. The number of hydrogen-bond acceptors (Lipinski definition) is 6. The predicted molar refractivity (Wildman–Crippen MR) is 98.8 cm³/mol. The zero-order valence-corrected chi connectivity index (χ0v) is 13.9. The second kappa shape index (κ2) is 6.64. The molecule has 0 saturated heterocycles. The first-order chi connectivity index (χ1) is 13.1. The molecule has 0 aliphatic heterocycles. The third-order valence-corrected chi connectivity index (χ3v) is 3.95. The number of fused-ring (bicyclic) bond motifs is 1. The Morgan fingerprint density at radius 2 is 1.85 bits per heavy atom. The number of nitro benzene ring substituents is 1. The van der Waals surface area contributed by atoms with Crippen molar-refractivity contribution < 1.29 is 4.92 Å². The minimum Gasteiger partial charge on any atom is -0.282 e. The third-order valence-electron chi connectivity index (χ3n) is 3.95. The lowest BCUT2D eigenvalue weighted by molar-refractivity contribution is -0.384. The molecule has 0 radical (unpaired) electrons. The van der Waals surface area contributed by atoms with E-state index in [0.29, 0.717) is 16.6 Å². The Kier molecular flexibility index (Phi) is 4.01. The van der Waals surface area contributed by atoms with E-state index in [0.717, 1.165) is 5.69 Å². The van der Waals surface area contributed by atoms with Gasteiger partial charge in [0.1, 0.15) is 6.33 Å². The standard InChI is InChI=1S/C18H13N7O2/c19-17-16-11-22-24(14-4-2-1-3-5-14)18(16)20-12-23(17)21-10-13-6-8-15(9-7-13)25(26)27/h1-12,19H/b19-17?,21-10-. The van der Waals surface area contributed by atoms with Gasteiger partial charge in [-0.25, -0.2) is 14.3 Å². The zero-order valence-electron chi connectivity index (χ0n) is 13.9. The van der Waals surface area contributed by atoms with E-state index in [2.05, 4.69) is 15.2 Å². The number of nitro groups is 1. The van der Waals surface area contributed by atoms with Crippen molar-refractivity contribution in [1.82, 2.24) is 19.4 Å². The largest absolute Gasteiger partial charge is 0.282 e. The van der Waals surface area contributed by atoms with Gasteiger partial charge in [0, 0.05) is 12.1 Å². The molecule has 4 aromatic rings. The van der Waals surface area contributed by atoms with Crippen LogP contribution < -0.4 is 5.49 Å². The van der Waals surface area contributed by atoms with Gasteiger partial charge < -0.3 is 0 Å². The normalized spacial score (nSPS) is 11.3. The highest BCUT2D eigenvalue weighted by Gasteiger charge is 2.09. The molecule has 0 atom stereocenters. The van der Waals surface area contributed by atoms with Gasteiger partial charge in [-0.05, 0) is 29.8 Å². The smallest absolute Gasteiger partial charge is 0.269 e. The Balaban J connectivity index is 1.68. The molecule has 0 spiro atoms. The van der Waals surface area contributed by atoms with Crippen LogP contribution in [0, 0.1) is 15.5 Å². The number of nitrogens with zero attached hydrogens (tertiary/aromatic N) is 6. The average molecular weight is 359 g/mol. The van der Waals surface area contributed by atoms with E-state index in [1.54, 1.807) is 23.0 Å². The minimum absolute atomic E-state index is 0.0115. The van der Waals surface area contributed by atoms with Gasteiger partial charge in [-0.1, -0.05) is 18.2 Å². The lowest BCUT2D eigenvalue weighted by Crippen LogP contribution is -2.17. The highest BCUT2D eigenvalue weighted by Crippen LogP contribution is 2.13. The van der Waals surface area contributed by atoms with E-state index >= 15 is 0 Å². The van der Waals surface area contributed by atoms with Gasteiger partial charge in [0.2, 0.25) is 0 Å². The maximum absolute atomic E-state index is 10.7. The molecule has 0 amide bonds. The van der Waals surface area contributed by atoms with Gasteiger partial charge in [-0.2, -0.15) is 10.2 Å². The number of hydrogen-bond donors (Lipinski definition) is 1. The Bertz CT molecular complexity index is 1210. The number of rotatable bonds is 4. The number of aromatic nitrogens is 4. The van der Waals surface area contributed by atoms with E-state index in [1.807, 2.05) is 30.3 Å². The molecule has 9 nitrogen and oxygen atoms in total. The second-order valence-electron chi connectivity index (χ2n) is 5.66. The van der Waals surface area contributed by atoms with Gasteiger partial charge >= 0.3 is 0 Å². The highest BCUT2D eigenvalue weighted by molar-refractivity contribution is 5.80. The van der Waals surface area contributed by atoms with Crippen molar-refractivity contribution >= 4 is 22.9 Å². The van der Waals surface area contributed by atoms with Crippen LogP contribution in [0.1, 0.15) is 5.56 Å². The fourth-order valence-corrected chi connectivity index (χ4v) is 2.58. The van der Waals surface area contributed by atoms with Crippen LogP contribution in [-0.2, 0) is 0 Å². The summed E-state index contributed by atoms with van der Waals surface area (Å²) >= 11 is 0. The summed E-state index contributed by atoms with van der Waals surface area (Å²) in [6, 6.07) is 15.5. The van der Waals surface area contributed by atoms with E-state index in [-0.39, 0.29) is 11.2 Å². The fraction of sp³-hybridized carbons (Fsp3) is 0. The highest BCUT2D eigenvalue weighted by atomic mass is 16.6. The number of non-ortho nitro benzene ring substituents is 1. The van der Waals surface area contributed by atoms with Gasteiger partial charge in [0.15, 0.2) is 11.1 Å². The lowest BCUT2D eigenvalue weighted by atomic mass is 10.2. The molecule has 0 aliphatic carbocycles. The van der Waals surface area contributed by atoms with Crippen molar-refractivity contribution in [3.63, 3.8) is 0 Å². The van der Waals surface area contributed by atoms with Crippen molar-refractivity contribution in [2.45, 2.75) is 0 Å². The Hall–Kier alpha value is -4.14. The number of nitrogens with one attached hydrogen (secondary N) is 1. The summed E-state index contributed by atoms with van der Waals surface area (Å²) in [5, 5.41) is 28.1. The predicted octanol–water partition coefficient (Wildman–Crippen LogP) is 2.49. The summed E-state index contributed by atoms with van der Waals surface area (Å²) in [7, 11) is 0. The summed E-state index contributed by atoms with van der Waals surface area (Å²) < 4.78 is 2.98. The number of para-hydroxylation sites is 1. The third kappa shape index (κ3) is 3.09. The molecule has 0 saturated carbocycles. The summed E-state index contributed by atoms with van der Waals surface area (Å²) in [6.45, 7) is 0. The van der Waals surface area contributed by atoms with Crippen molar-refractivity contribution in [3.8, 4) is 5.69 Å². The summed E-state index contributed by atoms with van der Waals surface area (Å²) in [5.41, 5.74) is 2.24. The molecule has 1 N–H and O–H groups in total. The molecular weight excluding hydrogens is 346 g/mol. The maximum Gasteiger partial charge on any atom is 0.269 e. The van der Waals surface area contributed by atoms with Crippen LogP contribution >= 0.6 is 0 Å². The molecule has 0 aliphatic rings. The van der Waals surface area contributed by atoms with Crippen LogP contribution in [0.25, 0.3) is 16.7 Å². The lowest BCUT2D eigenvalue weighted by Gasteiger charge is -2.03. The van der Waals surface area contributed by atoms with Crippen LogP contribution in [0.4, 0.5) is 5.69 Å². The number of benzene rings is 2. The van der Waals surface area contributed by atoms with Crippen molar-refractivity contribution in [1.29, 1.82) is 5.41 Å². The molecule has 9 heteroatoms. The molecule has 0 unspecified atom stereocenters. The topological polar surface area (TPSA) is 115 Å². The molecule has 132 valence electrons. The van der Waals surface area contributed by atoms with Crippen LogP contribution in [0.3, 0.4) is 0 Å². The minimum atomic E-state index is -0.459. The second-order valence-corrected chi connectivity index (χ2v) is 5.66. The Morgan fingerprint density at radius 1 is 1.11 bits per heavy atom. The molecule has 2 aromatic heterocycles. The quantitative estimate of drug-likeness (QED) is 0.342. The summed E-state index contributed by atoms with van der Waals surface area (Å²) in [5.74, 6) is 0. The van der Waals surface area contributed by atoms with Crippen molar-refractivity contribution in [2.24, 2.45) is 5.10 Å². The van der Waals surface area contributed by atoms with Gasteiger partial charge in [-0.3, -0.25) is 15.5 Å². The van der Waals surface area contributed by atoms with Gasteiger partial charge in [0.25, 0.3) is 5.69 Å². The van der Waals surface area contributed by atoms with Crippen molar-refractivity contribution in [3.05, 3.63) is 88.3 Å². The van der Waals surface area contributed by atoms with Gasteiger partial charge in [-0.15, -0.1) is 0 Å². The summed E-state index contributed by atoms with van der Waals surface area (Å²) in [6.07, 6.45) is 4.53. The monoisotopic (exact) mass is 359 g/mol. The molecular formula is C18H13N7O2. The van der Waals surface area contributed by atoms with Crippen LogP contribution in [0.15, 0.2) is 72.2 Å². The zero-order chi connectivity index (χ0) is 18.8. The van der Waals surface area contributed by atoms with E-state index < -0.39 is 4.92 Å². The molecule has 0 bridgehead atoms. The van der Waals surface area contributed by atoms with Crippen LogP contribution in [0.2, 0.25) is 0 Å². The molecule has 4 rings (SSSR count). The van der Waals surface area contributed by atoms with Crippen LogP contribution in [-0.4, -0.2) is 30.6 Å². The van der Waals surface area contributed by atoms with E-state index in [1.165, 1.54) is 29.4 Å². The summed E-state index contributed by atoms with van der Waals surface area (Å²) in [4.78, 5) is 14.6. The SMILES string of the molecule is N=c1c2cnn(-c3ccccc3)c2ncn1/N=C\c1ccc([N+](=O)[O-])cc1. The van der Waals surface area contributed by atoms with Crippen LogP contribution in [0.5, 0.6) is 0 Å². The Labute approximate surface area is 152 Å². The Morgan fingerprint density at radius 3 is 2.56 bits per heavy atom. The van der Waals surface area contributed by atoms with Gasteiger partial charge in [0.05, 0.1) is 28.4 Å². The molecule has 27 heavy (non-hydrogen) atoms. The first kappa shape index (κ1) is 16.3.